The fourth-order valence-electron chi connectivity index (χ4n) is 5.25. The minimum atomic E-state index is -5.36. The fourth-order valence-corrected chi connectivity index (χ4v) is 6.29. The van der Waals surface area contributed by atoms with E-state index in [4.69, 9.17) is 9.47 Å². The van der Waals surface area contributed by atoms with Crippen LogP contribution in [0.3, 0.4) is 0 Å². The van der Waals surface area contributed by atoms with Gasteiger partial charge in [-0.2, -0.15) is 26.3 Å². The fraction of sp³-hybridized carbons (Fsp3) is 0.500. The predicted molar refractivity (Wildman–Crippen MR) is 162 cm³/mol. The Kier molecular flexibility index (Phi) is 11.2. The summed E-state index contributed by atoms with van der Waals surface area (Å²) in [6.45, 7) is 6.72. The van der Waals surface area contributed by atoms with Crippen LogP contribution in [0.15, 0.2) is 52.3 Å². The number of hydrogen-bond acceptors (Lipinski definition) is 6. The lowest BCUT2D eigenvalue weighted by Crippen LogP contribution is -2.47. The van der Waals surface area contributed by atoms with E-state index in [0.717, 1.165) is 37.1 Å². The van der Waals surface area contributed by atoms with Crippen LogP contribution in [0.4, 0.5) is 36.8 Å². The van der Waals surface area contributed by atoms with E-state index in [-0.39, 0.29) is 25.2 Å². The van der Waals surface area contributed by atoms with E-state index in [2.05, 4.69) is 10.6 Å². The van der Waals surface area contributed by atoms with Gasteiger partial charge in [0.15, 0.2) is 0 Å². The van der Waals surface area contributed by atoms with Gasteiger partial charge in [-0.05, 0) is 82.4 Å². The van der Waals surface area contributed by atoms with Crippen molar-refractivity contribution in [3.8, 4) is 0 Å². The number of alkyl halides is 6. The summed E-state index contributed by atoms with van der Waals surface area (Å²) in [5.41, 5.74) is -4.47. The van der Waals surface area contributed by atoms with Crippen LogP contribution in [-0.2, 0) is 26.6 Å². The minimum absolute atomic E-state index is 0.116. The summed E-state index contributed by atoms with van der Waals surface area (Å²) in [5.74, 6) is -0.648. The van der Waals surface area contributed by atoms with Gasteiger partial charge in [-0.25, -0.2) is 4.79 Å². The van der Waals surface area contributed by atoms with E-state index in [1.807, 2.05) is 0 Å². The number of nitrogens with zero attached hydrogens (tertiary/aromatic N) is 1. The molecule has 0 aliphatic carbocycles. The quantitative estimate of drug-likeness (QED) is 0.229. The molecule has 2 amide bonds. The maximum atomic E-state index is 14.3. The van der Waals surface area contributed by atoms with Crippen LogP contribution in [0.1, 0.15) is 63.1 Å². The van der Waals surface area contributed by atoms with Crippen LogP contribution >= 0.6 is 11.8 Å². The van der Waals surface area contributed by atoms with Gasteiger partial charge < -0.3 is 25.0 Å². The number of nitrogens with one attached hydrogen (secondary N) is 2. The van der Waals surface area contributed by atoms with Gasteiger partial charge in [0.05, 0.1) is 11.1 Å². The van der Waals surface area contributed by atoms with Gasteiger partial charge >= 0.3 is 18.4 Å². The normalized spacial score (nSPS) is 17.3. The third-order valence-corrected chi connectivity index (χ3v) is 8.40. The van der Waals surface area contributed by atoms with E-state index in [9.17, 15) is 35.9 Å². The van der Waals surface area contributed by atoms with E-state index < -0.39 is 51.5 Å². The number of amides is 2. The number of alkyl carbamates (subject to hydrolysis) is 1. The zero-order valence-electron chi connectivity index (χ0n) is 25.7. The summed E-state index contributed by atoms with van der Waals surface area (Å²) >= 11 is 0.588. The first-order valence-corrected chi connectivity index (χ1v) is 15.7. The summed E-state index contributed by atoms with van der Waals surface area (Å²) in [6, 6.07) is 8.31. The summed E-state index contributed by atoms with van der Waals surface area (Å²) in [6.07, 6.45) is -7.39. The number of hydrogen-bond donors (Lipinski definition) is 2. The molecule has 4 rings (SSSR count). The molecule has 2 aliphatic rings. The Balaban J connectivity index is 1.51. The number of carbonyl (C=O) groups is 2. The van der Waals surface area contributed by atoms with Gasteiger partial charge in [0.25, 0.3) is 0 Å². The molecule has 0 saturated carbocycles. The molecule has 0 spiro atoms. The molecule has 2 aliphatic heterocycles. The molecule has 2 heterocycles. The number of carbonyl (C=O) groups excluding carboxylic acids is 2. The Morgan fingerprint density at radius 1 is 0.913 bits per heavy atom. The largest absolute Gasteiger partial charge is 0.444 e. The summed E-state index contributed by atoms with van der Waals surface area (Å²) in [4.78, 5) is 25.9. The molecule has 2 aromatic rings. The second kappa shape index (κ2) is 14.6. The van der Waals surface area contributed by atoms with Gasteiger partial charge in [0.2, 0.25) is 5.91 Å². The van der Waals surface area contributed by atoms with Crippen LogP contribution in [0.2, 0.25) is 0 Å². The third-order valence-electron chi connectivity index (χ3n) is 7.35. The number of piperidine rings is 1. The van der Waals surface area contributed by atoms with Gasteiger partial charge in [0.1, 0.15) is 5.60 Å². The lowest BCUT2D eigenvalue weighted by Gasteiger charge is -2.32. The SMILES string of the molecule is CC(C)(C)OC(=O)NC1CCN(C(=O)/C=C/c2ccc(Sc3cccc(NC4CCOCC4)c3)c(C(F)(F)F)c2C(F)(F)F)CC1. The number of ether oxygens (including phenoxy) is 2. The average Bonchev–Trinajstić information content (AvgIpc) is 2.95. The van der Waals surface area contributed by atoms with Crippen molar-refractivity contribution in [2.45, 2.75) is 86.3 Å². The van der Waals surface area contributed by atoms with Crippen LogP contribution < -0.4 is 10.6 Å². The highest BCUT2D eigenvalue weighted by atomic mass is 32.2. The third kappa shape index (κ3) is 10.1. The predicted octanol–water partition coefficient (Wildman–Crippen LogP) is 8.00. The second-order valence-corrected chi connectivity index (χ2v) is 13.3. The zero-order chi connectivity index (χ0) is 33.7. The van der Waals surface area contributed by atoms with Crippen molar-refractivity contribution in [3.63, 3.8) is 0 Å². The Labute approximate surface area is 268 Å². The number of anilines is 1. The van der Waals surface area contributed by atoms with Gasteiger partial charge in [-0.1, -0.05) is 23.9 Å². The minimum Gasteiger partial charge on any atom is -0.444 e. The molecule has 46 heavy (non-hydrogen) atoms. The highest BCUT2D eigenvalue weighted by Crippen LogP contribution is 2.48. The molecule has 2 fully saturated rings. The Bertz CT molecular complexity index is 1410. The van der Waals surface area contributed by atoms with Gasteiger partial charge in [-0.15, -0.1) is 0 Å². The van der Waals surface area contributed by atoms with Crippen molar-refractivity contribution in [2.24, 2.45) is 0 Å². The zero-order valence-corrected chi connectivity index (χ0v) is 26.5. The van der Waals surface area contributed by atoms with Crippen LogP contribution in [-0.4, -0.2) is 60.9 Å². The van der Waals surface area contributed by atoms with Crippen molar-refractivity contribution in [1.82, 2.24) is 10.2 Å². The van der Waals surface area contributed by atoms with E-state index in [0.29, 0.717) is 48.4 Å². The molecule has 0 bridgehead atoms. The van der Waals surface area contributed by atoms with Crippen molar-refractivity contribution in [2.75, 3.05) is 31.6 Å². The van der Waals surface area contributed by atoms with Crippen LogP contribution in [0, 0.1) is 0 Å². The molecule has 14 heteroatoms. The first-order valence-electron chi connectivity index (χ1n) is 14.9. The maximum absolute atomic E-state index is 14.3. The molecule has 0 radical (unpaired) electrons. The number of rotatable bonds is 7. The van der Waals surface area contributed by atoms with E-state index in [1.54, 1.807) is 39.0 Å². The van der Waals surface area contributed by atoms with Crippen molar-refractivity contribution >= 4 is 35.5 Å². The smallest absolute Gasteiger partial charge is 0.418 e. The van der Waals surface area contributed by atoms with Gasteiger partial charge in [0, 0.05) is 59.9 Å². The number of halogens is 6. The highest BCUT2D eigenvalue weighted by molar-refractivity contribution is 7.99. The molecular formula is C32H37F6N3O4S. The van der Waals surface area contributed by atoms with Crippen LogP contribution in [0.25, 0.3) is 6.08 Å². The molecule has 0 atom stereocenters. The standard InChI is InChI=1S/C32H37F6N3O4S/c1-30(2,3)45-29(43)40-21-11-15-41(16-12-21)26(42)10-8-20-7-9-25(28(32(36,37)38)27(20)31(33,34)35)46-24-6-4-5-23(19-24)39-22-13-17-44-18-14-22/h4-10,19,21-22,39H,11-18H2,1-3H3,(H,40,43)/b10-8+. The Morgan fingerprint density at radius 3 is 2.17 bits per heavy atom. The lowest BCUT2D eigenvalue weighted by atomic mass is 9.99. The van der Waals surface area contributed by atoms with Crippen molar-refractivity contribution in [1.29, 1.82) is 0 Å². The molecule has 2 saturated heterocycles. The summed E-state index contributed by atoms with van der Waals surface area (Å²) in [5, 5.41) is 6.03. The second-order valence-electron chi connectivity index (χ2n) is 12.1. The molecule has 0 unspecified atom stereocenters. The monoisotopic (exact) mass is 673 g/mol. The first kappa shape index (κ1) is 35.5. The molecular weight excluding hydrogens is 636 g/mol. The Morgan fingerprint density at radius 2 is 1.57 bits per heavy atom. The molecule has 2 aromatic carbocycles. The summed E-state index contributed by atoms with van der Waals surface area (Å²) < 4.78 is 96.5. The van der Waals surface area contributed by atoms with Crippen molar-refractivity contribution in [3.05, 3.63) is 59.2 Å². The molecule has 0 aromatic heterocycles. The van der Waals surface area contributed by atoms with E-state index in [1.165, 1.54) is 11.0 Å². The topological polar surface area (TPSA) is 79.9 Å². The van der Waals surface area contributed by atoms with E-state index >= 15 is 0 Å². The van der Waals surface area contributed by atoms with Crippen LogP contribution in [0.5, 0.6) is 0 Å². The average molecular weight is 674 g/mol. The maximum Gasteiger partial charge on any atom is 0.418 e. The van der Waals surface area contributed by atoms with Gasteiger partial charge in [-0.3, -0.25) is 4.79 Å². The Hall–Kier alpha value is -3.39. The highest BCUT2D eigenvalue weighted by Gasteiger charge is 2.46. The molecule has 2 N–H and O–H groups in total. The van der Waals surface area contributed by atoms with Crippen molar-refractivity contribution < 1.29 is 45.4 Å². The summed E-state index contributed by atoms with van der Waals surface area (Å²) in [7, 11) is 0. The lowest BCUT2D eigenvalue weighted by molar-refractivity contribution is -0.163. The number of benzene rings is 2. The number of likely N-dealkylation sites (tertiary alicyclic amines) is 1. The molecule has 252 valence electrons. The molecule has 7 nitrogen and oxygen atoms in total. The first-order chi connectivity index (χ1) is 21.5.